The molecule has 0 aliphatic carbocycles. The molecular weight excluding hydrogens is 484 g/mol. The van der Waals surface area contributed by atoms with E-state index in [4.69, 9.17) is 22.9 Å². The Morgan fingerprint density at radius 3 is 1.94 bits per heavy atom. The van der Waals surface area contributed by atoms with E-state index in [-0.39, 0.29) is 31.8 Å². The number of rotatable bonds is 17. The van der Waals surface area contributed by atoms with Crippen LogP contribution >= 0.6 is 11.8 Å². The molecule has 0 saturated heterocycles. The number of nitrogens with two attached hydrogens (primary N) is 4. The fraction of sp³-hybridized carbons (Fsp3) is 0.684. The molecule has 0 heterocycles. The quantitative estimate of drug-likeness (QED) is 0.0505. The van der Waals surface area contributed by atoms with Crippen LogP contribution in [0.15, 0.2) is 4.99 Å². The summed E-state index contributed by atoms with van der Waals surface area (Å²) >= 11 is 1.38. The predicted octanol–water partition coefficient (Wildman–Crippen LogP) is -4.08. The van der Waals surface area contributed by atoms with Crippen LogP contribution in [0.3, 0.4) is 0 Å². The number of amides is 4. The molecule has 0 bridgehead atoms. The molecule has 0 aliphatic rings. The summed E-state index contributed by atoms with van der Waals surface area (Å²) in [5, 5.41) is 25.9. The van der Waals surface area contributed by atoms with Crippen molar-refractivity contribution in [2.45, 2.75) is 62.9 Å². The fourth-order valence-corrected chi connectivity index (χ4v) is 3.18. The van der Waals surface area contributed by atoms with Crippen molar-refractivity contribution in [3.05, 3.63) is 0 Å². The lowest BCUT2D eigenvalue weighted by Crippen LogP contribution is -2.58. The minimum Gasteiger partial charge on any atom is -0.480 e. The van der Waals surface area contributed by atoms with Gasteiger partial charge in [0.15, 0.2) is 5.96 Å². The number of aliphatic imine (C=N–C) groups is 1. The highest BCUT2D eigenvalue weighted by molar-refractivity contribution is 7.98. The van der Waals surface area contributed by atoms with Gasteiger partial charge in [0.2, 0.25) is 23.6 Å². The molecule has 15 nitrogen and oxygen atoms in total. The third-order valence-corrected chi connectivity index (χ3v) is 5.31. The van der Waals surface area contributed by atoms with Gasteiger partial charge < -0.3 is 49.1 Å². The van der Waals surface area contributed by atoms with Crippen molar-refractivity contribution in [1.29, 1.82) is 0 Å². The van der Waals surface area contributed by atoms with E-state index in [0.717, 1.165) is 0 Å². The first-order valence-electron chi connectivity index (χ1n) is 10.7. The SMILES string of the molecule is CSCCC(NC(=O)C(CC(N)=O)NC(=O)C(N)C(C)O)C(=O)NC(CCCN=C(N)N)C(=O)O. The van der Waals surface area contributed by atoms with Gasteiger partial charge in [-0.15, -0.1) is 0 Å². The zero-order valence-electron chi connectivity index (χ0n) is 19.7. The summed E-state index contributed by atoms with van der Waals surface area (Å²) in [6, 6.07) is -5.28. The van der Waals surface area contributed by atoms with Gasteiger partial charge in [-0.05, 0) is 38.2 Å². The van der Waals surface area contributed by atoms with Crippen LogP contribution in [0.25, 0.3) is 0 Å². The highest BCUT2D eigenvalue weighted by atomic mass is 32.2. The number of nitrogens with one attached hydrogen (secondary N) is 3. The average Bonchev–Trinajstić information content (AvgIpc) is 2.76. The van der Waals surface area contributed by atoms with E-state index >= 15 is 0 Å². The number of hydrogen-bond donors (Lipinski definition) is 9. The normalized spacial score (nSPS) is 15.0. The monoisotopic (exact) mass is 520 g/mol. The summed E-state index contributed by atoms with van der Waals surface area (Å²) < 4.78 is 0. The number of aliphatic hydroxyl groups excluding tert-OH is 1. The van der Waals surface area contributed by atoms with Gasteiger partial charge in [0.05, 0.1) is 12.5 Å². The molecule has 5 atom stereocenters. The molecule has 0 aromatic heterocycles. The maximum Gasteiger partial charge on any atom is 0.326 e. The van der Waals surface area contributed by atoms with E-state index in [0.29, 0.717) is 5.75 Å². The van der Waals surface area contributed by atoms with Gasteiger partial charge in [0.1, 0.15) is 24.2 Å². The Morgan fingerprint density at radius 2 is 1.46 bits per heavy atom. The van der Waals surface area contributed by atoms with Crippen molar-refractivity contribution >= 4 is 47.3 Å². The van der Waals surface area contributed by atoms with Crippen LogP contribution in [0.2, 0.25) is 0 Å². The van der Waals surface area contributed by atoms with Gasteiger partial charge in [-0.25, -0.2) is 4.79 Å². The maximum atomic E-state index is 12.8. The van der Waals surface area contributed by atoms with Crippen molar-refractivity contribution in [2.75, 3.05) is 18.6 Å². The highest BCUT2D eigenvalue weighted by Crippen LogP contribution is 2.06. The summed E-state index contributed by atoms with van der Waals surface area (Å²) in [5.74, 6) is -4.49. The van der Waals surface area contributed by atoms with Crippen LogP contribution in [0, 0.1) is 0 Å². The molecule has 0 saturated carbocycles. The number of carboxylic acid groups (broad SMARTS) is 1. The number of aliphatic hydroxyl groups is 1. The highest BCUT2D eigenvalue weighted by Gasteiger charge is 2.31. The second-order valence-electron chi connectivity index (χ2n) is 7.69. The first kappa shape index (κ1) is 31.9. The molecular formula is C19H36N8O7S. The molecule has 0 aromatic carbocycles. The Kier molecular flexibility index (Phi) is 15.0. The molecule has 4 amide bonds. The number of nitrogens with zero attached hydrogens (tertiary/aromatic N) is 1. The third kappa shape index (κ3) is 13.4. The van der Waals surface area contributed by atoms with Gasteiger partial charge >= 0.3 is 5.97 Å². The number of carbonyl (C=O) groups excluding carboxylic acids is 4. The molecule has 200 valence electrons. The van der Waals surface area contributed by atoms with Crippen molar-refractivity contribution in [1.82, 2.24) is 16.0 Å². The number of thioether (sulfide) groups is 1. The number of carboxylic acids is 1. The molecule has 16 heteroatoms. The number of carbonyl (C=O) groups is 5. The first-order chi connectivity index (χ1) is 16.3. The van der Waals surface area contributed by atoms with Gasteiger partial charge in [-0.2, -0.15) is 11.8 Å². The number of aliphatic carboxylic acids is 1. The number of primary amides is 1. The van der Waals surface area contributed by atoms with Crippen molar-refractivity contribution in [3.8, 4) is 0 Å². The van der Waals surface area contributed by atoms with E-state index in [2.05, 4.69) is 20.9 Å². The van der Waals surface area contributed by atoms with Crippen LogP contribution in [-0.4, -0.2) is 94.6 Å². The van der Waals surface area contributed by atoms with Crippen LogP contribution in [0.5, 0.6) is 0 Å². The van der Waals surface area contributed by atoms with E-state index in [1.54, 1.807) is 6.26 Å². The van der Waals surface area contributed by atoms with E-state index in [9.17, 15) is 34.2 Å². The minimum atomic E-state index is -1.47. The van der Waals surface area contributed by atoms with Crippen LogP contribution in [0.1, 0.15) is 32.6 Å². The van der Waals surface area contributed by atoms with Gasteiger partial charge in [0, 0.05) is 6.54 Å². The second kappa shape index (κ2) is 16.5. The summed E-state index contributed by atoms with van der Waals surface area (Å²) in [6.45, 7) is 1.43. The molecule has 35 heavy (non-hydrogen) atoms. The molecule has 0 radical (unpaired) electrons. The standard InChI is InChI=1S/C19H36N8O7S/c1-9(28)14(21)17(32)27-12(8-13(20)29)16(31)25-10(5-7-35-2)15(30)26-11(18(33)34)4-3-6-24-19(22)23/h9-12,14,28H,3-8,21H2,1-2H3,(H2,20,29)(H,25,31)(H,26,30)(H,27,32)(H,33,34)(H4,22,23,24). The molecule has 0 fully saturated rings. The lowest BCUT2D eigenvalue weighted by atomic mass is 10.1. The molecule has 0 rings (SSSR count). The second-order valence-corrected chi connectivity index (χ2v) is 8.67. The van der Waals surface area contributed by atoms with Crippen LogP contribution in [0.4, 0.5) is 0 Å². The Labute approximate surface area is 207 Å². The molecule has 5 unspecified atom stereocenters. The van der Waals surface area contributed by atoms with Gasteiger partial charge in [-0.3, -0.25) is 24.2 Å². The first-order valence-corrected chi connectivity index (χ1v) is 12.1. The van der Waals surface area contributed by atoms with Crippen molar-refractivity contribution in [3.63, 3.8) is 0 Å². The van der Waals surface area contributed by atoms with Crippen LogP contribution < -0.4 is 38.9 Å². The average molecular weight is 521 g/mol. The number of hydrogen-bond acceptors (Lipinski definition) is 9. The fourth-order valence-electron chi connectivity index (χ4n) is 2.71. The van der Waals surface area contributed by atoms with E-state index in [1.807, 2.05) is 0 Å². The largest absolute Gasteiger partial charge is 0.480 e. The van der Waals surface area contributed by atoms with Crippen molar-refractivity contribution < 1.29 is 34.2 Å². The Morgan fingerprint density at radius 1 is 0.914 bits per heavy atom. The Balaban J connectivity index is 5.44. The molecule has 0 aromatic rings. The minimum absolute atomic E-state index is 0.0264. The Hall–Kier alpha value is -3.11. The zero-order valence-corrected chi connectivity index (χ0v) is 20.5. The topological polar surface area (TPSA) is 278 Å². The predicted molar refractivity (Wildman–Crippen MR) is 130 cm³/mol. The van der Waals surface area contributed by atoms with Crippen molar-refractivity contribution in [2.24, 2.45) is 27.9 Å². The summed E-state index contributed by atoms with van der Waals surface area (Å²) in [6.07, 6.45) is 0.375. The summed E-state index contributed by atoms with van der Waals surface area (Å²) in [5.41, 5.74) is 21.2. The molecule has 13 N–H and O–H groups in total. The Bertz CT molecular complexity index is 776. The number of guanidine groups is 1. The van der Waals surface area contributed by atoms with E-state index < -0.39 is 66.3 Å². The summed E-state index contributed by atoms with van der Waals surface area (Å²) in [7, 11) is 0. The van der Waals surface area contributed by atoms with E-state index in [1.165, 1.54) is 18.7 Å². The lowest BCUT2D eigenvalue weighted by Gasteiger charge is -2.25. The van der Waals surface area contributed by atoms with Gasteiger partial charge in [0.25, 0.3) is 0 Å². The summed E-state index contributed by atoms with van der Waals surface area (Å²) in [4.78, 5) is 64.5. The van der Waals surface area contributed by atoms with Crippen LogP contribution in [-0.2, 0) is 24.0 Å². The van der Waals surface area contributed by atoms with Gasteiger partial charge in [-0.1, -0.05) is 0 Å². The zero-order chi connectivity index (χ0) is 27.1. The lowest BCUT2D eigenvalue weighted by molar-refractivity contribution is -0.142. The smallest absolute Gasteiger partial charge is 0.326 e. The molecule has 0 aliphatic heterocycles. The third-order valence-electron chi connectivity index (χ3n) is 4.66. The molecule has 0 spiro atoms. The maximum absolute atomic E-state index is 12.8.